The van der Waals surface area contributed by atoms with Gasteiger partial charge in [0, 0.05) is 25.8 Å². The van der Waals surface area contributed by atoms with Crippen molar-refractivity contribution < 1.29 is 27.5 Å². The standard InChI is InChI=1S/C20H21F3N2O3/c1-28-16-4-2-3-15(18(16)26)19(27)25-11-14(9-12-5-6-12)13-7-8-17(24-10-13)20(21,22)23/h2-4,7-8,10,12,14,16H,5-6,9,11H2,1H3,(H,25,27). The molecule has 2 aliphatic rings. The number of hydrogen-bond acceptors (Lipinski definition) is 4. The number of aromatic nitrogens is 1. The largest absolute Gasteiger partial charge is 0.433 e. The summed E-state index contributed by atoms with van der Waals surface area (Å²) in [6.07, 6.45) is 3.42. The maximum atomic E-state index is 12.7. The van der Waals surface area contributed by atoms with E-state index >= 15 is 0 Å². The molecule has 1 N–H and O–H groups in total. The van der Waals surface area contributed by atoms with Crippen LogP contribution in [0.4, 0.5) is 13.2 Å². The minimum atomic E-state index is -4.49. The van der Waals surface area contributed by atoms with Crippen molar-refractivity contribution in [3.63, 3.8) is 0 Å². The van der Waals surface area contributed by atoms with Crippen molar-refractivity contribution in [3.8, 4) is 0 Å². The van der Waals surface area contributed by atoms with Gasteiger partial charge in [-0.25, -0.2) is 0 Å². The second-order valence-electron chi connectivity index (χ2n) is 7.05. The fourth-order valence-corrected chi connectivity index (χ4v) is 3.17. The van der Waals surface area contributed by atoms with Gasteiger partial charge in [-0.2, -0.15) is 13.2 Å². The van der Waals surface area contributed by atoms with Crippen molar-refractivity contribution in [2.24, 2.45) is 5.92 Å². The summed E-state index contributed by atoms with van der Waals surface area (Å²) in [6.45, 7) is 0.217. The SMILES string of the molecule is COC1C=CC=C(C(=O)NCC(CC2CC2)c2ccc(C(F)(F)F)nc2)C1=O. The average Bonchev–Trinajstić information content (AvgIpc) is 3.48. The van der Waals surface area contributed by atoms with Gasteiger partial charge < -0.3 is 10.1 Å². The maximum Gasteiger partial charge on any atom is 0.433 e. The van der Waals surface area contributed by atoms with E-state index in [4.69, 9.17) is 4.74 Å². The highest BCUT2D eigenvalue weighted by Crippen LogP contribution is 2.38. The Labute approximate surface area is 160 Å². The van der Waals surface area contributed by atoms with Crippen molar-refractivity contribution in [1.82, 2.24) is 10.3 Å². The molecule has 0 bridgehead atoms. The third kappa shape index (κ3) is 4.86. The Morgan fingerprint density at radius 2 is 2.11 bits per heavy atom. The first-order chi connectivity index (χ1) is 13.3. The zero-order chi connectivity index (χ0) is 20.3. The summed E-state index contributed by atoms with van der Waals surface area (Å²) in [5, 5.41) is 2.74. The van der Waals surface area contributed by atoms with Crippen LogP contribution in [0.15, 0.2) is 42.1 Å². The predicted molar refractivity (Wildman–Crippen MR) is 95.4 cm³/mol. The average molecular weight is 394 g/mol. The van der Waals surface area contributed by atoms with Crippen molar-refractivity contribution in [2.45, 2.75) is 37.5 Å². The molecular formula is C20H21F3N2O3. The number of carbonyl (C=O) groups is 2. The molecule has 1 heterocycles. The smallest absolute Gasteiger partial charge is 0.369 e. The van der Waals surface area contributed by atoms with E-state index < -0.39 is 29.7 Å². The van der Waals surface area contributed by atoms with Gasteiger partial charge in [-0.1, -0.05) is 25.0 Å². The van der Waals surface area contributed by atoms with E-state index in [-0.39, 0.29) is 18.0 Å². The molecule has 0 aliphatic heterocycles. The summed E-state index contributed by atoms with van der Waals surface area (Å²) in [5.41, 5.74) is -0.301. The van der Waals surface area contributed by atoms with Crippen LogP contribution in [0.1, 0.15) is 36.4 Å². The number of ketones is 1. The molecule has 1 fully saturated rings. The highest BCUT2D eigenvalue weighted by atomic mass is 19.4. The lowest BCUT2D eigenvalue weighted by molar-refractivity contribution is -0.141. The van der Waals surface area contributed by atoms with E-state index in [1.54, 1.807) is 12.2 Å². The molecule has 1 amide bonds. The number of nitrogens with zero attached hydrogens (tertiary/aromatic N) is 1. The van der Waals surface area contributed by atoms with Crippen LogP contribution < -0.4 is 5.32 Å². The fourth-order valence-electron chi connectivity index (χ4n) is 3.17. The van der Waals surface area contributed by atoms with Gasteiger partial charge >= 0.3 is 6.18 Å². The molecular weight excluding hydrogens is 373 g/mol. The number of rotatable bonds is 7. The zero-order valence-electron chi connectivity index (χ0n) is 15.3. The van der Waals surface area contributed by atoms with Crippen molar-refractivity contribution >= 4 is 11.7 Å². The lowest BCUT2D eigenvalue weighted by atomic mass is 9.94. The Kier molecular flexibility index (Phi) is 5.98. The van der Waals surface area contributed by atoms with Crippen LogP contribution >= 0.6 is 0 Å². The Morgan fingerprint density at radius 3 is 2.68 bits per heavy atom. The molecule has 3 rings (SSSR count). The van der Waals surface area contributed by atoms with Crippen LogP contribution in [0.25, 0.3) is 0 Å². The monoisotopic (exact) mass is 394 g/mol. The maximum absolute atomic E-state index is 12.7. The quantitative estimate of drug-likeness (QED) is 0.722. The first-order valence-electron chi connectivity index (χ1n) is 9.06. The normalized spacial score (nSPS) is 20.6. The van der Waals surface area contributed by atoms with E-state index in [0.717, 1.165) is 25.3 Å². The first kappa shape index (κ1) is 20.3. The van der Waals surface area contributed by atoms with Gasteiger partial charge in [-0.15, -0.1) is 0 Å². The lowest BCUT2D eigenvalue weighted by Gasteiger charge is -2.20. The van der Waals surface area contributed by atoms with Crippen molar-refractivity contribution in [3.05, 3.63) is 53.4 Å². The number of carbonyl (C=O) groups excluding carboxylic acids is 2. The molecule has 8 heteroatoms. The number of pyridine rings is 1. The summed E-state index contributed by atoms with van der Waals surface area (Å²) in [6, 6.07) is 2.36. The summed E-state index contributed by atoms with van der Waals surface area (Å²) in [5.74, 6) is -0.602. The molecule has 28 heavy (non-hydrogen) atoms. The van der Waals surface area contributed by atoms with Gasteiger partial charge in [-0.3, -0.25) is 14.6 Å². The van der Waals surface area contributed by atoms with E-state index in [1.807, 2.05) is 0 Å². The van der Waals surface area contributed by atoms with E-state index in [9.17, 15) is 22.8 Å². The predicted octanol–water partition coefficient (Wildman–Crippen LogP) is 3.18. The fraction of sp³-hybridized carbons (Fsp3) is 0.450. The summed E-state index contributed by atoms with van der Waals surface area (Å²) >= 11 is 0. The molecule has 5 nitrogen and oxygen atoms in total. The molecule has 2 unspecified atom stereocenters. The molecule has 2 atom stereocenters. The van der Waals surface area contributed by atoms with Crippen LogP contribution in [0.2, 0.25) is 0 Å². The van der Waals surface area contributed by atoms with Crippen LogP contribution in [0, 0.1) is 5.92 Å². The molecule has 0 spiro atoms. The molecule has 150 valence electrons. The number of alkyl halides is 3. The van der Waals surface area contributed by atoms with Gasteiger partial charge in [0.2, 0.25) is 5.78 Å². The van der Waals surface area contributed by atoms with Crippen LogP contribution in [-0.2, 0) is 20.5 Å². The lowest BCUT2D eigenvalue weighted by Crippen LogP contribution is -2.36. The number of nitrogens with one attached hydrogen (secondary N) is 1. The molecule has 1 aromatic rings. The van der Waals surface area contributed by atoms with E-state index in [1.165, 1.54) is 25.4 Å². The Morgan fingerprint density at radius 1 is 1.36 bits per heavy atom. The van der Waals surface area contributed by atoms with E-state index in [0.29, 0.717) is 11.5 Å². The zero-order valence-corrected chi connectivity index (χ0v) is 15.3. The van der Waals surface area contributed by atoms with Crippen LogP contribution in [-0.4, -0.2) is 36.4 Å². The molecule has 0 aromatic carbocycles. The Hall–Kier alpha value is -2.48. The van der Waals surface area contributed by atoms with Gasteiger partial charge in [0.1, 0.15) is 11.8 Å². The number of halogens is 3. The number of allylic oxidation sites excluding steroid dienone is 2. The van der Waals surface area contributed by atoms with Crippen molar-refractivity contribution in [2.75, 3.05) is 13.7 Å². The second kappa shape index (κ2) is 8.26. The Balaban J connectivity index is 1.68. The number of hydrogen-bond donors (Lipinski definition) is 1. The van der Waals surface area contributed by atoms with E-state index in [2.05, 4.69) is 10.3 Å². The molecule has 2 aliphatic carbocycles. The third-order valence-corrected chi connectivity index (χ3v) is 4.94. The highest BCUT2D eigenvalue weighted by molar-refractivity contribution is 6.22. The van der Waals surface area contributed by atoms with Crippen LogP contribution in [0.3, 0.4) is 0 Å². The molecule has 0 saturated heterocycles. The van der Waals surface area contributed by atoms with Gasteiger partial charge in [-0.05, 0) is 36.1 Å². The first-order valence-corrected chi connectivity index (χ1v) is 9.06. The minimum absolute atomic E-state index is 0.00469. The number of ether oxygens (including phenoxy) is 1. The molecule has 1 aromatic heterocycles. The molecule has 1 saturated carbocycles. The van der Waals surface area contributed by atoms with Gasteiger partial charge in [0.05, 0.1) is 5.57 Å². The second-order valence-corrected chi connectivity index (χ2v) is 7.05. The van der Waals surface area contributed by atoms with Crippen LogP contribution in [0.5, 0.6) is 0 Å². The Bertz CT molecular complexity index is 796. The topological polar surface area (TPSA) is 68.3 Å². The van der Waals surface area contributed by atoms with Gasteiger partial charge in [0.15, 0.2) is 0 Å². The number of amides is 1. The minimum Gasteiger partial charge on any atom is -0.369 e. The highest BCUT2D eigenvalue weighted by Gasteiger charge is 2.33. The van der Waals surface area contributed by atoms with Crippen molar-refractivity contribution in [1.29, 1.82) is 0 Å². The van der Waals surface area contributed by atoms with Gasteiger partial charge in [0.25, 0.3) is 5.91 Å². The third-order valence-electron chi connectivity index (χ3n) is 4.94. The number of Topliss-reactive ketones (excluding diaryl/α,β-unsaturated/α-hetero) is 1. The summed E-state index contributed by atoms with van der Waals surface area (Å²) < 4.78 is 43.2. The number of methoxy groups -OCH3 is 1. The molecule has 0 radical (unpaired) electrons. The summed E-state index contributed by atoms with van der Waals surface area (Å²) in [4.78, 5) is 28.2. The summed E-state index contributed by atoms with van der Waals surface area (Å²) in [7, 11) is 1.39.